The molecule has 1 aromatic carbocycles. The molecule has 128 valence electrons. The molecule has 3 rings (SSSR count). The largest absolute Gasteiger partial charge is 0.395 e. The molecule has 0 spiro atoms. The highest BCUT2D eigenvalue weighted by Crippen LogP contribution is 2.43. The molecule has 0 aromatic heterocycles. The Morgan fingerprint density at radius 1 is 1.35 bits per heavy atom. The summed E-state index contributed by atoms with van der Waals surface area (Å²) in [5.41, 5.74) is 0.930. The van der Waals surface area contributed by atoms with Crippen LogP contribution in [0.4, 0.5) is 0 Å². The van der Waals surface area contributed by atoms with E-state index in [2.05, 4.69) is 4.90 Å². The molecule has 0 saturated carbocycles. The van der Waals surface area contributed by atoms with E-state index in [0.29, 0.717) is 17.7 Å². The van der Waals surface area contributed by atoms with Crippen molar-refractivity contribution in [2.45, 2.75) is 49.1 Å². The van der Waals surface area contributed by atoms with E-state index in [1.165, 1.54) is 0 Å². The summed E-state index contributed by atoms with van der Waals surface area (Å²) in [4.78, 5) is 2.58. The van der Waals surface area contributed by atoms with Gasteiger partial charge in [-0.3, -0.25) is 9.08 Å². The summed E-state index contributed by atoms with van der Waals surface area (Å²) < 4.78 is 30.2. The molecule has 2 atom stereocenters. The topological polar surface area (TPSA) is 66.8 Å². The fraction of sp³-hybridized carbons (Fsp3) is 0.625. The fourth-order valence-electron chi connectivity index (χ4n) is 3.75. The van der Waals surface area contributed by atoms with E-state index < -0.39 is 8.87 Å². The molecular formula is C16H23NO4S2. The molecule has 5 nitrogen and oxygen atoms in total. The molecule has 2 heterocycles. The molecule has 2 saturated heterocycles. The van der Waals surface area contributed by atoms with Gasteiger partial charge in [0, 0.05) is 11.6 Å². The van der Waals surface area contributed by atoms with E-state index in [4.69, 9.17) is 4.18 Å². The Hall–Kier alpha value is -0.600. The number of hydrogen-bond donors (Lipinski definition) is 1. The van der Waals surface area contributed by atoms with E-state index in [9.17, 15) is 13.5 Å². The van der Waals surface area contributed by atoms with Crippen molar-refractivity contribution in [3.63, 3.8) is 0 Å². The standard InChI is InChI=1S/C16H23NO4S2/c1-13-3-5-15(6-4-13)23(19,20)22-21-12-16-8-2-10-17(16)14(11-18)7-9-16/h3-6,14,18H,2,7-12H2,1H3. The van der Waals surface area contributed by atoms with Crippen LogP contribution in [0.3, 0.4) is 0 Å². The lowest BCUT2D eigenvalue weighted by Crippen LogP contribution is -2.46. The third kappa shape index (κ3) is 3.44. The first-order valence-electron chi connectivity index (χ1n) is 7.97. The Kier molecular flexibility index (Phi) is 5.04. The quantitative estimate of drug-likeness (QED) is 0.623. The molecule has 2 unspecified atom stereocenters. The van der Waals surface area contributed by atoms with Gasteiger partial charge in [-0.05, 0) is 51.3 Å². The Bertz CT molecular complexity index is 647. The van der Waals surface area contributed by atoms with Crippen LogP contribution >= 0.6 is 11.1 Å². The van der Waals surface area contributed by atoms with Gasteiger partial charge >= 0.3 is 0 Å². The molecule has 1 aromatic rings. The van der Waals surface area contributed by atoms with Crippen LogP contribution in [0.2, 0.25) is 0 Å². The Labute approximate surface area is 141 Å². The maximum atomic E-state index is 12.3. The highest BCUT2D eigenvalue weighted by atomic mass is 33.1. The third-order valence-electron chi connectivity index (χ3n) is 5.02. The second kappa shape index (κ2) is 6.72. The fourth-order valence-corrected chi connectivity index (χ4v) is 5.78. The van der Waals surface area contributed by atoms with E-state index in [1.54, 1.807) is 24.3 Å². The van der Waals surface area contributed by atoms with Gasteiger partial charge < -0.3 is 5.11 Å². The van der Waals surface area contributed by atoms with Crippen molar-refractivity contribution in [1.29, 1.82) is 0 Å². The molecule has 2 aliphatic heterocycles. The van der Waals surface area contributed by atoms with Gasteiger partial charge in [-0.2, -0.15) is 0 Å². The van der Waals surface area contributed by atoms with Crippen molar-refractivity contribution in [3.05, 3.63) is 29.8 Å². The number of fused-ring (bicyclic) bond motifs is 1. The van der Waals surface area contributed by atoms with Crippen molar-refractivity contribution >= 4 is 19.9 Å². The number of aliphatic hydroxyl groups excluding tert-OH is 1. The molecule has 1 N–H and O–H groups in total. The number of hydrogen-bond acceptors (Lipinski definition) is 6. The average molecular weight is 357 g/mol. The Morgan fingerprint density at radius 3 is 2.78 bits per heavy atom. The maximum Gasteiger partial charge on any atom is 0.255 e. The van der Waals surface area contributed by atoms with Crippen LogP contribution in [0.25, 0.3) is 0 Å². The molecule has 0 bridgehead atoms. The van der Waals surface area contributed by atoms with Gasteiger partial charge in [0.2, 0.25) is 0 Å². The summed E-state index contributed by atoms with van der Waals surface area (Å²) in [7, 11) is -3.49. The summed E-state index contributed by atoms with van der Waals surface area (Å²) in [6.07, 6.45) is 4.00. The highest BCUT2D eigenvalue weighted by Gasteiger charge is 2.49. The lowest BCUT2D eigenvalue weighted by Gasteiger charge is -2.33. The van der Waals surface area contributed by atoms with Gasteiger partial charge in [0.1, 0.15) is 11.1 Å². The molecular weight excluding hydrogens is 334 g/mol. The number of benzene rings is 1. The van der Waals surface area contributed by atoms with Crippen LogP contribution in [0.15, 0.2) is 29.2 Å². The molecule has 2 fully saturated rings. The number of aryl methyl sites for hydroxylation is 1. The number of aliphatic hydroxyl groups is 1. The lowest BCUT2D eigenvalue weighted by atomic mass is 9.95. The first kappa shape index (κ1) is 17.2. The monoisotopic (exact) mass is 357 g/mol. The Balaban J connectivity index is 1.62. The molecule has 0 amide bonds. The maximum absolute atomic E-state index is 12.3. The lowest BCUT2D eigenvalue weighted by molar-refractivity contribution is 0.0750. The zero-order chi connectivity index (χ0) is 16.5. The second-order valence-electron chi connectivity index (χ2n) is 6.49. The summed E-state index contributed by atoms with van der Waals surface area (Å²) in [5, 5.41) is 9.47. The van der Waals surface area contributed by atoms with E-state index >= 15 is 0 Å². The van der Waals surface area contributed by atoms with E-state index in [-0.39, 0.29) is 23.1 Å². The molecule has 2 aliphatic rings. The summed E-state index contributed by atoms with van der Waals surface area (Å²) >= 11 is 0.560. The zero-order valence-electron chi connectivity index (χ0n) is 13.3. The zero-order valence-corrected chi connectivity index (χ0v) is 14.9. The van der Waals surface area contributed by atoms with Crippen molar-refractivity contribution in [2.24, 2.45) is 0 Å². The van der Waals surface area contributed by atoms with Gasteiger partial charge in [-0.25, -0.2) is 8.42 Å². The number of rotatable bonds is 6. The predicted octanol–water partition coefficient (Wildman–Crippen LogP) is 2.34. The third-order valence-corrected chi connectivity index (χ3v) is 7.67. The second-order valence-corrected chi connectivity index (χ2v) is 9.97. The normalized spacial score (nSPS) is 28.2. The van der Waals surface area contributed by atoms with Crippen molar-refractivity contribution in [1.82, 2.24) is 4.90 Å². The van der Waals surface area contributed by atoms with Gasteiger partial charge in [-0.1, -0.05) is 17.7 Å². The molecule has 23 heavy (non-hydrogen) atoms. The Morgan fingerprint density at radius 2 is 2.09 bits per heavy atom. The predicted molar refractivity (Wildman–Crippen MR) is 90.7 cm³/mol. The van der Waals surface area contributed by atoms with Gasteiger partial charge in [0.05, 0.1) is 18.1 Å². The highest BCUT2D eigenvalue weighted by molar-refractivity contribution is 8.70. The SMILES string of the molecule is Cc1ccc(S(=O)(=O)SOCC23CCCN2C(CO)CC3)cc1. The average Bonchev–Trinajstić information content (AvgIpc) is 3.06. The van der Waals surface area contributed by atoms with Crippen LogP contribution < -0.4 is 0 Å². The minimum absolute atomic E-state index is 0.0941. The summed E-state index contributed by atoms with van der Waals surface area (Å²) in [6.45, 7) is 3.44. The molecule has 0 aliphatic carbocycles. The summed E-state index contributed by atoms with van der Waals surface area (Å²) in [6, 6.07) is 6.98. The summed E-state index contributed by atoms with van der Waals surface area (Å²) in [5.74, 6) is 0. The van der Waals surface area contributed by atoms with Crippen LogP contribution in [-0.4, -0.2) is 49.8 Å². The van der Waals surface area contributed by atoms with Gasteiger partial charge in [0.15, 0.2) is 0 Å². The van der Waals surface area contributed by atoms with Crippen LogP contribution in [0.1, 0.15) is 31.2 Å². The smallest absolute Gasteiger partial charge is 0.255 e. The minimum atomic E-state index is -3.49. The van der Waals surface area contributed by atoms with Crippen molar-refractivity contribution < 1.29 is 17.7 Å². The van der Waals surface area contributed by atoms with Crippen molar-refractivity contribution in [3.8, 4) is 0 Å². The first-order chi connectivity index (χ1) is 11.0. The van der Waals surface area contributed by atoms with Crippen LogP contribution in [0.5, 0.6) is 0 Å². The molecule has 7 heteroatoms. The minimum Gasteiger partial charge on any atom is -0.395 e. The first-order valence-corrected chi connectivity index (χ1v) is 10.7. The number of nitrogens with zero attached hydrogens (tertiary/aromatic N) is 1. The van der Waals surface area contributed by atoms with Crippen LogP contribution in [-0.2, 0) is 13.1 Å². The van der Waals surface area contributed by atoms with Gasteiger partial charge in [-0.15, -0.1) is 0 Å². The van der Waals surface area contributed by atoms with E-state index in [1.807, 2.05) is 6.92 Å². The molecule has 0 radical (unpaired) electrons. The van der Waals surface area contributed by atoms with Crippen LogP contribution in [0, 0.1) is 6.92 Å². The van der Waals surface area contributed by atoms with E-state index in [0.717, 1.165) is 37.8 Å². The van der Waals surface area contributed by atoms with Crippen molar-refractivity contribution in [2.75, 3.05) is 19.8 Å². The van der Waals surface area contributed by atoms with Gasteiger partial charge in [0.25, 0.3) is 8.87 Å².